The molecule has 1 N–H and O–H groups in total. The Morgan fingerprint density at radius 1 is 1.10 bits per heavy atom. The van der Waals surface area contributed by atoms with Crippen LogP contribution in [0.4, 0.5) is 4.39 Å². The maximum Gasteiger partial charge on any atom is 0.341 e. The third-order valence-corrected chi connectivity index (χ3v) is 4.82. The van der Waals surface area contributed by atoms with Gasteiger partial charge >= 0.3 is 5.97 Å². The van der Waals surface area contributed by atoms with E-state index < -0.39 is 12.1 Å². The van der Waals surface area contributed by atoms with Crippen molar-refractivity contribution in [3.05, 3.63) is 76.7 Å². The SMILES string of the molecule is Cc1nc2ccccc2c(C)c1C(=O)OC(C)C(=O)NCCc1ccc(F)cc1. The monoisotopic (exact) mass is 394 g/mol. The first-order valence-corrected chi connectivity index (χ1v) is 9.46. The molecule has 1 heterocycles. The van der Waals surface area contributed by atoms with E-state index in [0.29, 0.717) is 24.2 Å². The molecule has 6 heteroatoms. The number of esters is 1. The number of ether oxygens (including phenoxy) is 1. The summed E-state index contributed by atoms with van der Waals surface area (Å²) < 4.78 is 18.3. The number of hydrogen-bond donors (Lipinski definition) is 1. The smallest absolute Gasteiger partial charge is 0.341 e. The zero-order valence-electron chi connectivity index (χ0n) is 16.7. The van der Waals surface area contributed by atoms with Gasteiger partial charge in [0, 0.05) is 11.9 Å². The van der Waals surface area contributed by atoms with Crippen LogP contribution in [-0.2, 0) is 16.0 Å². The van der Waals surface area contributed by atoms with Crippen LogP contribution in [0, 0.1) is 19.7 Å². The van der Waals surface area contributed by atoms with Crippen molar-refractivity contribution >= 4 is 22.8 Å². The molecule has 1 unspecified atom stereocenters. The highest BCUT2D eigenvalue weighted by molar-refractivity contribution is 5.99. The second-order valence-electron chi connectivity index (χ2n) is 6.93. The van der Waals surface area contributed by atoms with Crippen LogP contribution in [0.15, 0.2) is 48.5 Å². The number of aromatic nitrogens is 1. The molecule has 0 radical (unpaired) electrons. The molecule has 3 aromatic rings. The van der Waals surface area contributed by atoms with Gasteiger partial charge in [0.1, 0.15) is 5.82 Å². The van der Waals surface area contributed by atoms with Crippen molar-refractivity contribution in [1.29, 1.82) is 0 Å². The number of rotatable bonds is 6. The van der Waals surface area contributed by atoms with Gasteiger partial charge in [0.2, 0.25) is 0 Å². The number of para-hydroxylation sites is 1. The first kappa shape index (κ1) is 20.5. The van der Waals surface area contributed by atoms with Crippen LogP contribution in [0.5, 0.6) is 0 Å². The fraction of sp³-hybridized carbons (Fsp3) is 0.261. The lowest BCUT2D eigenvalue weighted by molar-refractivity contribution is -0.129. The normalized spacial score (nSPS) is 11.9. The number of aryl methyl sites for hydroxylation is 2. The van der Waals surface area contributed by atoms with Gasteiger partial charge < -0.3 is 10.1 Å². The van der Waals surface area contributed by atoms with Gasteiger partial charge in [0.05, 0.1) is 16.8 Å². The lowest BCUT2D eigenvalue weighted by Gasteiger charge is -2.16. The lowest BCUT2D eigenvalue weighted by Crippen LogP contribution is -2.37. The fourth-order valence-electron chi connectivity index (χ4n) is 3.23. The average molecular weight is 394 g/mol. The van der Waals surface area contributed by atoms with Crippen molar-refractivity contribution in [1.82, 2.24) is 10.3 Å². The molecular weight excluding hydrogens is 371 g/mol. The lowest BCUT2D eigenvalue weighted by atomic mass is 10.0. The minimum atomic E-state index is -0.944. The molecule has 1 atom stereocenters. The van der Waals surface area contributed by atoms with E-state index in [0.717, 1.165) is 22.0 Å². The Hall–Kier alpha value is -3.28. The van der Waals surface area contributed by atoms with E-state index in [2.05, 4.69) is 10.3 Å². The van der Waals surface area contributed by atoms with E-state index in [1.165, 1.54) is 19.1 Å². The van der Waals surface area contributed by atoms with Gasteiger partial charge in [-0.2, -0.15) is 0 Å². The highest BCUT2D eigenvalue weighted by atomic mass is 19.1. The molecule has 150 valence electrons. The number of carbonyl (C=O) groups is 2. The van der Waals surface area contributed by atoms with Crippen LogP contribution in [0.1, 0.15) is 34.1 Å². The van der Waals surface area contributed by atoms with Crippen LogP contribution >= 0.6 is 0 Å². The standard InChI is InChI=1S/C23H23FN2O3/c1-14-19-6-4-5-7-20(19)26-15(2)21(14)23(28)29-16(3)22(27)25-13-12-17-8-10-18(24)11-9-17/h4-11,16H,12-13H2,1-3H3,(H,25,27). The number of amides is 1. The molecule has 29 heavy (non-hydrogen) atoms. The van der Waals surface area contributed by atoms with Crippen molar-refractivity contribution in [3.8, 4) is 0 Å². The van der Waals surface area contributed by atoms with Gasteiger partial charge in [0.25, 0.3) is 5.91 Å². The van der Waals surface area contributed by atoms with Gasteiger partial charge in [0.15, 0.2) is 6.10 Å². The highest BCUT2D eigenvalue weighted by Crippen LogP contribution is 2.23. The van der Waals surface area contributed by atoms with Crippen LogP contribution in [0.3, 0.4) is 0 Å². The molecule has 1 aromatic heterocycles. The molecule has 0 aliphatic rings. The summed E-state index contributed by atoms with van der Waals surface area (Å²) in [5.41, 5.74) is 3.45. The summed E-state index contributed by atoms with van der Waals surface area (Å²) in [6, 6.07) is 13.7. The Morgan fingerprint density at radius 3 is 2.52 bits per heavy atom. The van der Waals surface area contributed by atoms with Crippen LogP contribution < -0.4 is 5.32 Å². The number of nitrogens with one attached hydrogen (secondary N) is 1. The van der Waals surface area contributed by atoms with Crippen molar-refractivity contribution in [3.63, 3.8) is 0 Å². The van der Waals surface area contributed by atoms with E-state index >= 15 is 0 Å². The van der Waals surface area contributed by atoms with Crippen molar-refractivity contribution in [2.45, 2.75) is 33.3 Å². The number of pyridine rings is 1. The Labute approximate surface area is 168 Å². The number of benzene rings is 2. The van der Waals surface area contributed by atoms with Gasteiger partial charge in [-0.3, -0.25) is 9.78 Å². The maximum atomic E-state index is 12.9. The summed E-state index contributed by atoms with van der Waals surface area (Å²) in [6.07, 6.45) is -0.388. The molecule has 0 spiro atoms. The van der Waals surface area contributed by atoms with E-state index in [1.807, 2.05) is 31.2 Å². The van der Waals surface area contributed by atoms with Crippen molar-refractivity contribution in [2.24, 2.45) is 0 Å². The maximum absolute atomic E-state index is 12.9. The summed E-state index contributed by atoms with van der Waals surface area (Å²) in [6.45, 7) is 5.50. The second kappa shape index (κ2) is 8.82. The van der Waals surface area contributed by atoms with Crippen LogP contribution in [-0.4, -0.2) is 29.5 Å². The molecule has 0 saturated carbocycles. The molecule has 2 aromatic carbocycles. The summed E-state index contributed by atoms with van der Waals surface area (Å²) >= 11 is 0. The second-order valence-corrected chi connectivity index (χ2v) is 6.93. The summed E-state index contributed by atoms with van der Waals surface area (Å²) in [5, 5.41) is 3.61. The third-order valence-electron chi connectivity index (χ3n) is 4.82. The van der Waals surface area contributed by atoms with Gasteiger partial charge in [-0.15, -0.1) is 0 Å². The number of nitrogens with zero attached hydrogens (tertiary/aromatic N) is 1. The molecule has 5 nitrogen and oxygen atoms in total. The highest BCUT2D eigenvalue weighted by Gasteiger charge is 2.23. The number of hydrogen-bond acceptors (Lipinski definition) is 4. The van der Waals surface area contributed by atoms with Crippen molar-refractivity contribution < 1.29 is 18.7 Å². The third kappa shape index (κ3) is 4.77. The van der Waals surface area contributed by atoms with Crippen LogP contribution in [0.25, 0.3) is 10.9 Å². The Kier molecular flexibility index (Phi) is 6.22. The fourth-order valence-corrected chi connectivity index (χ4v) is 3.23. The molecule has 1 amide bonds. The topological polar surface area (TPSA) is 68.3 Å². The Bertz CT molecular complexity index is 1050. The quantitative estimate of drug-likeness (QED) is 0.644. The van der Waals surface area contributed by atoms with E-state index in [1.54, 1.807) is 19.1 Å². The number of halogens is 1. The average Bonchev–Trinajstić information content (AvgIpc) is 2.69. The van der Waals surface area contributed by atoms with Gasteiger partial charge in [-0.1, -0.05) is 30.3 Å². The summed E-state index contributed by atoms with van der Waals surface area (Å²) in [4.78, 5) is 29.4. The van der Waals surface area contributed by atoms with E-state index in [9.17, 15) is 14.0 Å². The Morgan fingerprint density at radius 2 is 1.79 bits per heavy atom. The zero-order chi connectivity index (χ0) is 21.0. The molecular formula is C23H23FN2O3. The Balaban J connectivity index is 1.62. The number of fused-ring (bicyclic) bond motifs is 1. The summed E-state index contributed by atoms with van der Waals surface area (Å²) in [5.74, 6) is -1.25. The molecule has 0 saturated heterocycles. The first-order chi connectivity index (χ1) is 13.9. The minimum absolute atomic E-state index is 0.299. The van der Waals surface area contributed by atoms with Gasteiger partial charge in [-0.25, -0.2) is 9.18 Å². The molecule has 0 fully saturated rings. The van der Waals surface area contributed by atoms with E-state index in [4.69, 9.17) is 4.74 Å². The van der Waals surface area contributed by atoms with Gasteiger partial charge in [-0.05, 0) is 56.5 Å². The predicted octanol–water partition coefficient (Wildman–Crippen LogP) is 3.89. The predicted molar refractivity (Wildman–Crippen MR) is 109 cm³/mol. The largest absolute Gasteiger partial charge is 0.449 e. The summed E-state index contributed by atoms with van der Waals surface area (Å²) in [7, 11) is 0. The molecule has 0 bridgehead atoms. The van der Waals surface area contributed by atoms with E-state index in [-0.39, 0.29) is 11.7 Å². The molecule has 3 rings (SSSR count). The molecule has 0 aliphatic heterocycles. The minimum Gasteiger partial charge on any atom is -0.449 e. The molecule has 0 aliphatic carbocycles. The first-order valence-electron chi connectivity index (χ1n) is 9.46. The van der Waals surface area contributed by atoms with Crippen molar-refractivity contribution in [2.75, 3.05) is 6.54 Å². The zero-order valence-corrected chi connectivity index (χ0v) is 16.7. The van der Waals surface area contributed by atoms with Crippen LogP contribution in [0.2, 0.25) is 0 Å². The number of carbonyl (C=O) groups excluding carboxylic acids is 2.